The fourth-order valence-electron chi connectivity index (χ4n) is 2.44. The Balaban J connectivity index is 2.54. The molecule has 2 aromatic rings. The highest BCUT2D eigenvalue weighted by Gasteiger charge is 2.15. The SMILES string of the molecule is CCC(NC)c1cccc(-c2c(F)ccc(C)c2F)c1. The maximum absolute atomic E-state index is 14.2. The molecule has 0 saturated carbocycles. The Morgan fingerprint density at radius 3 is 2.55 bits per heavy atom. The van der Waals surface area contributed by atoms with Crippen LogP contribution in [-0.4, -0.2) is 7.05 Å². The van der Waals surface area contributed by atoms with Crippen LogP contribution in [0.1, 0.15) is 30.5 Å². The van der Waals surface area contributed by atoms with E-state index in [1.807, 2.05) is 25.2 Å². The summed E-state index contributed by atoms with van der Waals surface area (Å²) in [4.78, 5) is 0. The molecule has 0 aliphatic heterocycles. The van der Waals surface area contributed by atoms with Crippen molar-refractivity contribution in [3.63, 3.8) is 0 Å². The third-order valence-corrected chi connectivity index (χ3v) is 3.62. The second-order valence-corrected chi connectivity index (χ2v) is 4.93. The van der Waals surface area contributed by atoms with Crippen LogP contribution in [0.2, 0.25) is 0 Å². The maximum Gasteiger partial charge on any atom is 0.136 e. The van der Waals surface area contributed by atoms with Gasteiger partial charge < -0.3 is 5.32 Å². The largest absolute Gasteiger partial charge is 0.313 e. The monoisotopic (exact) mass is 275 g/mol. The summed E-state index contributed by atoms with van der Waals surface area (Å²) in [5.74, 6) is -1.01. The molecule has 0 saturated heterocycles. The van der Waals surface area contributed by atoms with Crippen molar-refractivity contribution in [2.45, 2.75) is 26.3 Å². The molecule has 0 heterocycles. The van der Waals surface area contributed by atoms with E-state index in [0.717, 1.165) is 12.0 Å². The van der Waals surface area contributed by atoms with Crippen LogP contribution in [0, 0.1) is 18.6 Å². The number of nitrogens with one attached hydrogen (secondary N) is 1. The zero-order valence-electron chi connectivity index (χ0n) is 12.0. The molecule has 2 rings (SSSR count). The zero-order valence-corrected chi connectivity index (χ0v) is 12.0. The summed E-state index contributed by atoms with van der Waals surface area (Å²) < 4.78 is 28.1. The van der Waals surface area contributed by atoms with Crippen molar-refractivity contribution in [3.8, 4) is 11.1 Å². The maximum atomic E-state index is 14.2. The molecule has 0 amide bonds. The molecule has 1 unspecified atom stereocenters. The molecule has 3 heteroatoms. The number of aryl methyl sites for hydroxylation is 1. The van der Waals surface area contributed by atoms with Gasteiger partial charge in [-0.25, -0.2) is 8.78 Å². The fraction of sp³-hybridized carbons (Fsp3) is 0.294. The Labute approximate surface area is 118 Å². The zero-order chi connectivity index (χ0) is 14.7. The van der Waals surface area contributed by atoms with Crippen LogP contribution in [0.15, 0.2) is 36.4 Å². The van der Waals surface area contributed by atoms with Crippen LogP contribution in [0.4, 0.5) is 8.78 Å². The first-order chi connectivity index (χ1) is 9.58. The fourth-order valence-corrected chi connectivity index (χ4v) is 2.44. The summed E-state index contributed by atoms with van der Waals surface area (Å²) >= 11 is 0. The van der Waals surface area contributed by atoms with Gasteiger partial charge in [-0.2, -0.15) is 0 Å². The van der Waals surface area contributed by atoms with E-state index < -0.39 is 11.6 Å². The summed E-state index contributed by atoms with van der Waals surface area (Å²) in [7, 11) is 1.88. The Kier molecular flexibility index (Phi) is 4.50. The van der Waals surface area contributed by atoms with Crippen molar-refractivity contribution in [1.29, 1.82) is 0 Å². The second-order valence-electron chi connectivity index (χ2n) is 4.93. The minimum Gasteiger partial charge on any atom is -0.313 e. The standard InChI is InChI=1S/C17H19F2N/c1-4-15(20-3)12-6-5-7-13(10-12)16-14(18)9-8-11(2)17(16)19/h5-10,15,20H,4H2,1-3H3. The van der Waals surface area contributed by atoms with Crippen LogP contribution in [0.25, 0.3) is 11.1 Å². The molecular formula is C17H19F2N. The first-order valence-corrected chi connectivity index (χ1v) is 6.80. The molecular weight excluding hydrogens is 256 g/mol. The average Bonchev–Trinajstić information content (AvgIpc) is 2.45. The van der Waals surface area contributed by atoms with E-state index in [-0.39, 0.29) is 11.6 Å². The van der Waals surface area contributed by atoms with Gasteiger partial charge >= 0.3 is 0 Å². The van der Waals surface area contributed by atoms with Crippen molar-refractivity contribution in [1.82, 2.24) is 5.32 Å². The lowest BCUT2D eigenvalue weighted by molar-refractivity contribution is 0.575. The lowest BCUT2D eigenvalue weighted by Crippen LogP contribution is -2.15. The summed E-state index contributed by atoms with van der Waals surface area (Å²) in [6.07, 6.45) is 0.915. The molecule has 0 aliphatic carbocycles. The highest BCUT2D eigenvalue weighted by atomic mass is 19.1. The first-order valence-electron chi connectivity index (χ1n) is 6.80. The van der Waals surface area contributed by atoms with E-state index in [4.69, 9.17) is 0 Å². The quantitative estimate of drug-likeness (QED) is 0.859. The van der Waals surface area contributed by atoms with Crippen LogP contribution in [0.3, 0.4) is 0 Å². The third-order valence-electron chi connectivity index (χ3n) is 3.62. The average molecular weight is 275 g/mol. The van der Waals surface area contributed by atoms with E-state index >= 15 is 0 Å². The molecule has 0 bridgehead atoms. The molecule has 1 nitrogen and oxygen atoms in total. The molecule has 1 N–H and O–H groups in total. The van der Waals surface area contributed by atoms with E-state index in [1.165, 1.54) is 12.1 Å². The van der Waals surface area contributed by atoms with E-state index in [0.29, 0.717) is 11.1 Å². The molecule has 2 aromatic carbocycles. The molecule has 1 atom stereocenters. The number of benzene rings is 2. The number of hydrogen-bond acceptors (Lipinski definition) is 1. The van der Waals surface area contributed by atoms with Gasteiger partial charge in [-0.05, 0) is 49.2 Å². The Bertz CT molecular complexity index is 604. The van der Waals surface area contributed by atoms with Crippen molar-refractivity contribution < 1.29 is 8.78 Å². The Hall–Kier alpha value is -1.74. The Morgan fingerprint density at radius 1 is 1.15 bits per heavy atom. The van der Waals surface area contributed by atoms with Crippen LogP contribution >= 0.6 is 0 Å². The minimum absolute atomic E-state index is 0.0535. The lowest BCUT2D eigenvalue weighted by Gasteiger charge is -2.16. The van der Waals surface area contributed by atoms with Crippen LogP contribution in [0.5, 0.6) is 0 Å². The smallest absolute Gasteiger partial charge is 0.136 e. The van der Waals surface area contributed by atoms with Gasteiger partial charge in [0.1, 0.15) is 11.6 Å². The minimum atomic E-state index is -0.525. The van der Waals surface area contributed by atoms with E-state index in [9.17, 15) is 8.78 Å². The van der Waals surface area contributed by atoms with Gasteiger partial charge in [-0.1, -0.05) is 31.2 Å². The molecule has 0 aliphatic rings. The number of hydrogen-bond donors (Lipinski definition) is 1. The number of rotatable bonds is 4. The van der Waals surface area contributed by atoms with Crippen LogP contribution < -0.4 is 5.32 Å². The van der Waals surface area contributed by atoms with Crippen molar-refractivity contribution in [3.05, 3.63) is 59.2 Å². The highest BCUT2D eigenvalue weighted by molar-refractivity contribution is 5.66. The Morgan fingerprint density at radius 2 is 1.90 bits per heavy atom. The molecule has 0 radical (unpaired) electrons. The van der Waals surface area contributed by atoms with E-state index in [2.05, 4.69) is 12.2 Å². The van der Waals surface area contributed by atoms with Crippen LogP contribution in [-0.2, 0) is 0 Å². The molecule has 20 heavy (non-hydrogen) atoms. The summed E-state index contributed by atoms with van der Waals surface area (Å²) in [6, 6.07) is 10.4. The molecule has 0 fully saturated rings. The van der Waals surface area contributed by atoms with Gasteiger partial charge in [0.2, 0.25) is 0 Å². The van der Waals surface area contributed by atoms with Crippen molar-refractivity contribution in [2.24, 2.45) is 0 Å². The predicted molar refractivity (Wildman–Crippen MR) is 78.6 cm³/mol. The normalized spacial score (nSPS) is 12.4. The second kappa shape index (κ2) is 6.14. The van der Waals surface area contributed by atoms with Gasteiger partial charge in [0, 0.05) is 6.04 Å². The number of halogens is 2. The summed E-state index contributed by atoms with van der Waals surface area (Å²) in [6.45, 7) is 3.71. The van der Waals surface area contributed by atoms with Crippen molar-refractivity contribution in [2.75, 3.05) is 7.05 Å². The van der Waals surface area contributed by atoms with Gasteiger partial charge in [0.15, 0.2) is 0 Å². The van der Waals surface area contributed by atoms with Gasteiger partial charge in [0.05, 0.1) is 5.56 Å². The third kappa shape index (κ3) is 2.73. The van der Waals surface area contributed by atoms with Gasteiger partial charge in [-0.15, -0.1) is 0 Å². The predicted octanol–water partition coefficient (Wildman–Crippen LogP) is 4.61. The molecule has 106 valence electrons. The van der Waals surface area contributed by atoms with E-state index in [1.54, 1.807) is 13.0 Å². The summed E-state index contributed by atoms with van der Waals surface area (Å²) in [5.41, 5.74) is 2.12. The first kappa shape index (κ1) is 14.7. The lowest BCUT2D eigenvalue weighted by atomic mass is 9.96. The molecule has 0 aromatic heterocycles. The highest BCUT2D eigenvalue weighted by Crippen LogP contribution is 2.30. The molecule has 0 spiro atoms. The topological polar surface area (TPSA) is 12.0 Å². The van der Waals surface area contributed by atoms with Gasteiger partial charge in [-0.3, -0.25) is 0 Å². The van der Waals surface area contributed by atoms with Gasteiger partial charge in [0.25, 0.3) is 0 Å². The van der Waals surface area contributed by atoms with Crippen molar-refractivity contribution >= 4 is 0 Å². The summed E-state index contributed by atoms with van der Waals surface area (Å²) in [5, 5.41) is 3.20.